The van der Waals surface area contributed by atoms with E-state index in [9.17, 15) is 0 Å². The van der Waals surface area contributed by atoms with Gasteiger partial charge in [0.15, 0.2) is 0 Å². The molecule has 4 rings (SSSR count). The number of nitrogens with zero attached hydrogens (tertiary/aromatic N) is 1. The Morgan fingerprint density at radius 2 is 1.27 bits per heavy atom. The summed E-state index contributed by atoms with van der Waals surface area (Å²) >= 11 is 0. The van der Waals surface area contributed by atoms with Gasteiger partial charge in [-0.05, 0) is 39.8 Å². The lowest BCUT2D eigenvalue weighted by Crippen LogP contribution is -2.15. The normalized spacial score (nSPS) is 12.4. The number of benzene rings is 3. The Kier molecular flexibility index (Phi) is 5.67. The Hall–Kier alpha value is -3.39. The monoisotopic (exact) mass is 392 g/mol. The van der Waals surface area contributed by atoms with Crippen LogP contribution >= 0.6 is 0 Å². The van der Waals surface area contributed by atoms with Gasteiger partial charge < -0.3 is 5.32 Å². The second kappa shape index (κ2) is 8.54. The third-order valence-corrected chi connectivity index (χ3v) is 5.42. The highest BCUT2D eigenvalue weighted by Gasteiger charge is 2.19. The molecule has 1 unspecified atom stereocenters. The van der Waals surface area contributed by atoms with E-state index in [0.717, 1.165) is 16.9 Å². The molecule has 0 radical (unpaired) electrons. The Morgan fingerprint density at radius 3 is 1.90 bits per heavy atom. The molecule has 0 aliphatic carbocycles. The molecule has 150 valence electrons. The molecule has 0 amide bonds. The summed E-state index contributed by atoms with van der Waals surface area (Å²) in [6.07, 6.45) is 1.85. The lowest BCUT2D eigenvalue weighted by Gasteiger charge is -2.24. The van der Waals surface area contributed by atoms with Crippen LogP contribution in [-0.4, -0.2) is 4.98 Å². The van der Waals surface area contributed by atoms with Gasteiger partial charge in [0.2, 0.25) is 0 Å². The largest absolute Gasteiger partial charge is 0.359 e. The fourth-order valence-corrected chi connectivity index (χ4v) is 3.69. The van der Waals surface area contributed by atoms with Crippen LogP contribution in [0.5, 0.6) is 0 Å². The number of nitrogens with one attached hydrogen (secondary N) is 1. The van der Waals surface area contributed by atoms with Crippen molar-refractivity contribution in [2.45, 2.75) is 32.2 Å². The van der Waals surface area contributed by atoms with Crippen molar-refractivity contribution < 1.29 is 0 Å². The molecule has 0 aliphatic heterocycles. The van der Waals surface area contributed by atoms with Crippen molar-refractivity contribution in [1.29, 1.82) is 0 Å². The lowest BCUT2D eigenvalue weighted by molar-refractivity contribution is 0.590. The van der Waals surface area contributed by atoms with E-state index in [1.807, 2.05) is 18.3 Å². The van der Waals surface area contributed by atoms with Gasteiger partial charge in [0.25, 0.3) is 0 Å². The van der Waals surface area contributed by atoms with E-state index < -0.39 is 0 Å². The maximum absolute atomic E-state index is 4.69. The Balaban J connectivity index is 1.74. The molecule has 0 bridgehead atoms. The predicted octanol–water partition coefficient (Wildman–Crippen LogP) is 7.25. The fraction of sp³-hybridized carbons (Fsp3) is 0.179. The minimum atomic E-state index is 0.0116. The van der Waals surface area contributed by atoms with Crippen LogP contribution in [0, 0.1) is 0 Å². The Morgan fingerprint density at radius 1 is 0.667 bits per heavy atom. The molecule has 0 spiro atoms. The van der Waals surface area contributed by atoms with E-state index in [-0.39, 0.29) is 11.5 Å². The summed E-state index contributed by atoms with van der Waals surface area (Å²) in [6.45, 7) is 6.74. The van der Waals surface area contributed by atoms with Crippen LogP contribution in [0.1, 0.15) is 43.5 Å². The molecule has 30 heavy (non-hydrogen) atoms. The van der Waals surface area contributed by atoms with E-state index >= 15 is 0 Å². The van der Waals surface area contributed by atoms with Crippen molar-refractivity contribution in [3.63, 3.8) is 0 Å². The highest BCUT2D eigenvalue weighted by atomic mass is 15.0. The first-order chi connectivity index (χ1) is 14.5. The summed E-state index contributed by atoms with van der Waals surface area (Å²) in [6, 6.07) is 34.0. The van der Waals surface area contributed by atoms with Crippen molar-refractivity contribution in [2.24, 2.45) is 0 Å². The minimum Gasteiger partial charge on any atom is -0.359 e. The van der Waals surface area contributed by atoms with Crippen molar-refractivity contribution in [2.75, 3.05) is 5.32 Å². The average molecular weight is 393 g/mol. The van der Waals surface area contributed by atoms with Gasteiger partial charge in [0, 0.05) is 11.8 Å². The summed E-state index contributed by atoms with van der Waals surface area (Å²) in [7, 11) is 0. The highest BCUT2D eigenvalue weighted by molar-refractivity contribution is 5.75. The molecule has 0 fully saturated rings. The molecule has 1 aromatic heterocycles. The van der Waals surface area contributed by atoms with E-state index in [1.54, 1.807) is 0 Å². The van der Waals surface area contributed by atoms with E-state index in [4.69, 9.17) is 4.98 Å². The van der Waals surface area contributed by atoms with Gasteiger partial charge in [-0.1, -0.05) is 106 Å². The van der Waals surface area contributed by atoms with Gasteiger partial charge in [-0.25, -0.2) is 4.98 Å². The number of anilines is 1. The maximum atomic E-state index is 4.69. The molecule has 2 heteroatoms. The van der Waals surface area contributed by atoms with E-state index in [2.05, 4.69) is 111 Å². The van der Waals surface area contributed by atoms with Crippen LogP contribution in [0.4, 0.5) is 5.82 Å². The zero-order valence-electron chi connectivity index (χ0n) is 17.8. The zero-order chi connectivity index (χ0) is 21.0. The molecule has 0 saturated heterocycles. The Labute approximate surface area is 179 Å². The summed E-state index contributed by atoms with van der Waals surface area (Å²) < 4.78 is 0. The van der Waals surface area contributed by atoms with Crippen molar-refractivity contribution in [3.05, 3.63) is 120 Å². The van der Waals surface area contributed by atoms with Gasteiger partial charge in [-0.2, -0.15) is 0 Å². The van der Waals surface area contributed by atoms with Crippen LogP contribution in [0.25, 0.3) is 11.1 Å². The molecule has 0 aliphatic rings. The van der Waals surface area contributed by atoms with Crippen LogP contribution in [0.2, 0.25) is 0 Å². The first-order valence-electron chi connectivity index (χ1n) is 10.4. The van der Waals surface area contributed by atoms with Gasteiger partial charge in [0.05, 0.1) is 6.04 Å². The first-order valence-corrected chi connectivity index (χ1v) is 10.4. The van der Waals surface area contributed by atoms with Gasteiger partial charge in [-0.15, -0.1) is 0 Å². The number of aromatic nitrogens is 1. The maximum Gasteiger partial charge on any atom is 0.134 e. The second-order valence-corrected chi connectivity index (χ2v) is 8.63. The third-order valence-electron chi connectivity index (χ3n) is 5.42. The molecule has 0 saturated carbocycles. The Bertz CT molecular complexity index is 1080. The van der Waals surface area contributed by atoms with Crippen molar-refractivity contribution in [1.82, 2.24) is 4.98 Å². The average Bonchev–Trinajstić information content (AvgIpc) is 2.78. The number of rotatable bonds is 5. The molecular weight excluding hydrogens is 364 g/mol. The summed E-state index contributed by atoms with van der Waals surface area (Å²) in [5.74, 6) is 0.887. The molecule has 1 atom stereocenters. The van der Waals surface area contributed by atoms with Gasteiger partial charge >= 0.3 is 0 Å². The molecule has 3 aromatic carbocycles. The number of hydrogen-bond donors (Lipinski definition) is 1. The third kappa shape index (κ3) is 4.44. The summed E-state index contributed by atoms with van der Waals surface area (Å²) in [5, 5.41) is 3.73. The molecule has 2 nitrogen and oxygen atoms in total. The second-order valence-electron chi connectivity index (χ2n) is 8.63. The highest BCUT2D eigenvalue weighted by Crippen LogP contribution is 2.33. The summed E-state index contributed by atoms with van der Waals surface area (Å²) in [4.78, 5) is 4.69. The SMILES string of the molecule is CC(C)(C)c1ccc(C(Nc2ncccc2-c2ccccc2)c2ccccc2)cc1. The predicted molar refractivity (Wildman–Crippen MR) is 127 cm³/mol. The molecule has 4 aromatic rings. The minimum absolute atomic E-state index is 0.0116. The van der Waals surface area contributed by atoms with E-state index in [0.29, 0.717) is 0 Å². The van der Waals surface area contributed by atoms with E-state index in [1.165, 1.54) is 16.7 Å². The first kappa shape index (κ1) is 19.9. The smallest absolute Gasteiger partial charge is 0.134 e. The zero-order valence-corrected chi connectivity index (χ0v) is 17.8. The van der Waals surface area contributed by atoms with Crippen molar-refractivity contribution >= 4 is 5.82 Å². The number of hydrogen-bond acceptors (Lipinski definition) is 2. The van der Waals surface area contributed by atoms with Gasteiger partial charge in [-0.3, -0.25) is 0 Å². The van der Waals surface area contributed by atoms with Gasteiger partial charge in [0.1, 0.15) is 5.82 Å². The van der Waals surface area contributed by atoms with Crippen LogP contribution in [0.15, 0.2) is 103 Å². The molecule has 1 N–H and O–H groups in total. The quantitative estimate of drug-likeness (QED) is 0.387. The summed E-state index contributed by atoms with van der Waals surface area (Å²) in [5.41, 5.74) is 6.16. The topological polar surface area (TPSA) is 24.9 Å². The molecular formula is C28H28N2. The van der Waals surface area contributed by atoms with Crippen LogP contribution < -0.4 is 5.32 Å². The lowest BCUT2D eigenvalue weighted by atomic mass is 9.85. The van der Waals surface area contributed by atoms with Crippen LogP contribution in [0.3, 0.4) is 0 Å². The standard InChI is InChI=1S/C28H28N2/c1-28(2,3)24-18-16-23(17-19-24)26(22-13-8-5-9-14-22)30-27-25(15-10-20-29-27)21-11-6-4-7-12-21/h4-20,26H,1-3H3,(H,29,30). The van der Waals surface area contributed by atoms with Crippen LogP contribution in [-0.2, 0) is 5.41 Å². The number of pyridine rings is 1. The fourth-order valence-electron chi connectivity index (χ4n) is 3.69. The van der Waals surface area contributed by atoms with Crippen molar-refractivity contribution in [3.8, 4) is 11.1 Å². The molecule has 1 heterocycles.